The highest BCUT2D eigenvalue weighted by Gasteiger charge is 2.38. The zero-order chi connectivity index (χ0) is 13.1. The predicted molar refractivity (Wildman–Crippen MR) is 78.7 cm³/mol. The molecule has 18 heavy (non-hydrogen) atoms. The maximum atomic E-state index is 6.30. The highest BCUT2D eigenvalue weighted by atomic mass is 32.2. The lowest BCUT2D eigenvalue weighted by Crippen LogP contribution is -2.42. The lowest BCUT2D eigenvalue weighted by atomic mass is 9.79. The molecule has 0 radical (unpaired) electrons. The molecule has 1 nitrogen and oxygen atoms in total. The first-order chi connectivity index (χ1) is 8.63. The van der Waals surface area contributed by atoms with Crippen LogP contribution in [0.15, 0.2) is 35.2 Å². The zero-order valence-corrected chi connectivity index (χ0v) is 12.6. The van der Waals surface area contributed by atoms with Crippen LogP contribution in [0.2, 0.25) is 0 Å². The fourth-order valence-electron chi connectivity index (χ4n) is 2.72. The molecule has 1 fully saturated rings. The molecule has 0 amide bonds. The summed E-state index contributed by atoms with van der Waals surface area (Å²) < 4.78 is 6.30. The van der Waals surface area contributed by atoms with Crippen LogP contribution in [0, 0.1) is 17.8 Å². The van der Waals surface area contributed by atoms with E-state index in [0.29, 0.717) is 23.4 Å². The van der Waals surface area contributed by atoms with E-state index in [0.717, 1.165) is 12.3 Å². The topological polar surface area (TPSA) is 9.23 Å². The Bertz CT molecular complexity index is 363. The molecule has 1 aliphatic heterocycles. The molecule has 1 aromatic rings. The van der Waals surface area contributed by atoms with Gasteiger partial charge in [0, 0.05) is 4.90 Å². The van der Waals surface area contributed by atoms with Crippen molar-refractivity contribution in [3.63, 3.8) is 0 Å². The molecule has 0 N–H and O–H groups in total. The molecular formula is C16H24OS. The van der Waals surface area contributed by atoms with Gasteiger partial charge < -0.3 is 4.74 Å². The van der Waals surface area contributed by atoms with Crippen molar-refractivity contribution in [2.24, 2.45) is 17.8 Å². The van der Waals surface area contributed by atoms with Gasteiger partial charge in [0.2, 0.25) is 0 Å². The molecule has 0 aromatic heterocycles. The molecule has 2 unspecified atom stereocenters. The van der Waals surface area contributed by atoms with E-state index in [-0.39, 0.29) is 0 Å². The normalized spacial score (nSPS) is 36.6. The molecule has 0 spiro atoms. The van der Waals surface area contributed by atoms with Crippen molar-refractivity contribution in [3.8, 4) is 0 Å². The van der Waals surface area contributed by atoms with Crippen LogP contribution in [0.1, 0.15) is 34.1 Å². The van der Waals surface area contributed by atoms with Crippen LogP contribution in [0.4, 0.5) is 0 Å². The number of benzene rings is 1. The monoisotopic (exact) mass is 264 g/mol. The summed E-state index contributed by atoms with van der Waals surface area (Å²) in [6.07, 6.45) is 1.53. The highest BCUT2D eigenvalue weighted by molar-refractivity contribution is 7.99. The molecule has 2 heteroatoms. The van der Waals surface area contributed by atoms with Crippen LogP contribution < -0.4 is 0 Å². The fourth-order valence-corrected chi connectivity index (χ4v) is 3.96. The quantitative estimate of drug-likeness (QED) is 0.774. The molecule has 1 saturated heterocycles. The summed E-state index contributed by atoms with van der Waals surface area (Å²) in [6.45, 7) is 9.26. The van der Waals surface area contributed by atoms with Gasteiger partial charge in [-0.05, 0) is 36.3 Å². The zero-order valence-electron chi connectivity index (χ0n) is 11.8. The minimum absolute atomic E-state index is 0.295. The Morgan fingerprint density at radius 1 is 1.00 bits per heavy atom. The van der Waals surface area contributed by atoms with Crippen LogP contribution in [0.3, 0.4) is 0 Å². The van der Waals surface area contributed by atoms with Gasteiger partial charge in [0.1, 0.15) is 5.44 Å². The SMILES string of the molecule is CCC1O[C@@H](Sc2ccccc2)C(C)[C@@H](C)[C@@H]1C. The van der Waals surface area contributed by atoms with Crippen LogP contribution in [0.25, 0.3) is 0 Å². The van der Waals surface area contributed by atoms with E-state index >= 15 is 0 Å². The minimum Gasteiger partial charge on any atom is -0.363 e. The number of ether oxygens (including phenoxy) is 1. The maximum Gasteiger partial charge on any atom is 0.110 e. The van der Waals surface area contributed by atoms with Gasteiger partial charge in [-0.2, -0.15) is 0 Å². The first kappa shape index (κ1) is 14.0. The van der Waals surface area contributed by atoms with Crippen molar-refractivity contribution in [2.45, 2.75) is 50.6 Å². The second-order valence-electron chi connectivity index (χ2n) is 5.46. The summed E-state index contributed by atoms with van der Waals surface area (Å²) in [5, 5.41) is 0. The number of hydrogen-bond donors (Lipinski definition) is 0. The molecule has 1 aliphatic rings. The molecule has 100 valence electrons. The van der Waals surface area contributed by atoms with Crippen molar-refractivity contribution in [1.82, 2.24) is 0 Å². The maximum absolute atomic E-state index is 6.30. The molecule has 0 aliphatic carbocycles. The summed E-state index contributed by atoms with van der Waals surface area (Å²) in [5.41, 5.74) is 0.295. The third-order valence-corrected chi connectivity index (χ3v) is 5.70. The summed E-state index contributed by atoms with van der Waals surface area (Å²) in [7, 11) is 0. The van der Waals surface area contributed by atoms with E-state index in [1.54, 1.807) is 0 Å². The van der Waals surface area contributed by atoms with Crippen molar-refractivity contribution in [1.29, 1.82) is 0 Å². The average Bonchev–Trinajstić information content (AvgIpc) is 2.40. The summed E-state index contributed by atoms with van der Waals surface area (Å²) in [4.78, 5) is 1.31. The lowest BCUT2D eigenvalue weighted by molar-refractivity contribution is -0.0944. The molecular weight excluding hydrogens is 240 g/mol. The van der Waals surface area contributed by atoms with Gasteiger partial charge in [-0.15, -0.1) is 0 Å². The molecule has 2 rings (SSSR count). The highest BCUT2D eigenvalue weighted by Crippen LogP contribution is 2.42. The Hall–Kier alpha value is -0.470. The molecule has 0 saturated carbocycles. The first-order valence-corrected chi connectivity index (χ1v) is 7.88. The van der Waals surface area contributed by atoms with Crippen LogP contribution in [-0.2, 0) is 4.74 Å². The Morgan fingerprint density at radius 3 is 2.28 bits per heavy atom. The molecule has 1 heterocycles. The largest absolute Gasteiger partial charge is 0.363 e. The van der Waals surface area contributed by atoms with Crippen LogP contribution >= 0.6 is 11.8 Å². The van der Waals surface area contributed by atoms with Gasteiger partial charge in [-0.3, -0.25) is 0 Å². The Kier molecular flexibility index (Phi) is 4.74. The Labute approximate surface area is 115 Å². The van der Waals surface area contributed by atoms with Gasteiger partial charge >= 0.3 is 0 Å². The summed E-state index contributed by atoms with van der Waals surface area (Å²) in [6, 6.07) is 10.6. The molecule has 5 atom stereocenters. The average molecular weight is 264 g/mol. The van der Waals surface area contributed by atoms with E-state index in [9.17, 15) is 0 Å². The van der Waals surface area contributed by atoms with Gasteiger partial charge in [-0.25, -0.2) is 0 Å². The first-order valence-electron chi connectivity index (χ1n) is 7.00. The molecule has 1 aromatic carbocycles. The number of thioether (sulfide) groups is 1. The van der Waals surface area contributed by atoms with E-state index < -0.39 is 0 Å². The Morgan fingerprint density at radius 2 is 1.67 bits per heavy atom. The third-order valence-electron chi connectivity index (χ3n) is 4.38. The van der Waals surface area contributed by atoms with Gasteiger partial charge in [0.15, 0.2) is 0 Å². The smallest absolute Gasteiger partial charge is 0.110 e. The third kappa shape index (κ3) is 2.92. The van der Waals surface area contributed by atoms with Gasteiger partial charge in [-0.1, -0.05) is 57.7 Å². The number of hydrogen-bond acceptors (Lipinski definition) is 2. The fraction of sp³-hybridized carbons (Fsp3) is 0.625. The van der Waals surface area contributed by atoms with Gasteiger partial charge in [0.25, 0.3) is 0 Å². The van der Waals surface area contributed by atoms with E-state index in [2.05, 4.69) is 58.0 Å². The van der Waals surface area contributed by atoms with Crippen molar-refractivity contribution in [2.75, 3.05) is 0 Å². The van der Waals surface area contributed by atoms with Gasteiger partial charge in [0.05, 0.1) is 6.10 Å². The second-order valence-corrected chi connectivity index (χ2v) is 6.63. The molecule has 0 bridgehead atoms. The minimum atomic E-state index is 0.295. The van der Waals surface area contributed by atoms with Crippen molar-refractivity contribution < 1.29 is 4.74 Å². The van der Waals surface area contributed by atoms with E-state index in [1.807, 2.05) is 11.8 Å². The number of rotatable bonds is 3. The lowest BCUT2D eigenvalue weighted by Gasteiger charge is -2.43. The van der Waals surface area contributed by atoms with E-state index in [1.165, 1.54) is 4.90 Å². The predicted octanol–water partition coefficient (Wildman–Crippen LogP) is 4.82. The second kappa shape index (κ2) is 6.12. The van der Waals surface area contributed by atoms with Crippen molar-refractivity contribution in [3.05, 3.63) is 30.3 Å². The van der Waals surface area contributed by atoms with E-state index in [4.69, 9.17) is 4.74 Å². The van der Waals surface area contributed by atoms with Crippen molar-refractivity contribution >= 4 is 11.8 Å². The Balaban J connectivity index is 2.08. The standard InChI is InChI=1S/C16H24OS/c1-5-15-12(3)11(2)13(4)16(17-15)18-14-9-7-6-8-10-14/h6-13,15-16H,5H2,1-4H3/t11-,12-,13?,15?,16-/m0/s1. The van der Waals surface area contributed by atoms with Crippen LogP contribution in [0.5, 0.6) is 0 Å². The van der Waals surface area contributed by atoms with Crippen LogP contribution in [-0.4, -0.2) is 11.5 Å². The summed E-state index contributed by atoms with van der Waals surface area (Å²) in [5.74, 6) is 2.00. The summed E-state index contributed by atoms with van der Waals surface area (Å²) >= 11 is 1.88.